The number of hydrogen-bond donors (Lipinski definition) is 1. The van der Waals surface area contributed by atoms with Gasteiger partial charge in [0.15, 0.2) is 0 Å². The maximum atomic E-state index is 12.4. The number of rotatable bonds is 4. The van der Waals surface area contributed by atoms with Crippen molar-refractivity contribution in [2.75, 3.05) is 0 Å². The highest BCUT2D eigenvalue weighted by molar-refractivity contribution is 6.04. The molecule has 3 amide bonds. The van der Waals surface area contributed by atoms with E-state index in [9.17, 15) is 22.8 Å². The van der Waals surface area contributed by atoms with Gasteiger partial charge < -0.3 is 9.88 Å². The summed E-state index contributed by atoms with van der Waals surface area (Å²) in [6.45, 7) is 2.06. The summed E-state index contributed by atoms with van der Waals surface area (Å²) in [7, 11) is 0. The average Bonchev–Trinajstić information content (AvgIpc) is 2.87. The van der Waals surface area contributed by atoms with Crippen molar-refractivity contribution < 1.29 is 22.8 Å². The van der Waals surface area contributed by atoms with Crippen LogP contribution in [0.2, 0.25) is 0 Å². The predicted octanol–water partition coefficient (Wildman–Crippen LogP) is 1.52. The van der Waals surface area contributed by atoms with Gasteiger partial charge in [0.1, 0.15) is 18.4 Å². The molecule has 1 aliphatic rings. The highest BCUT2D eigenvalue weighted by Crippen LogP contribution is 2.20. The third-order valence-electron chi connectivity index (χ3n) is 3.17. The Morgan fingerprint density at radius 2 is 2.05 bits per heavy atom. The number of imidazole rings is 1. The molecule has 1 aliphatic heterocycles. The highest BCUT2D eigenvalue weighted by atomic mass is 19.4. The molecule has 1 N–H and O–H groups in total. The van der Waals surface area contributed by atoms with Gasteiger partial charge in [-0.15, -0.1) is 0 Å². The molecule has 0 bridgehead atoms. The Labute approximate surface area is 118 Å². The lowest BCUT2D eigenvalue weighted by Gasteiger charge is -2.16. The van der Waals surface area contributed by atoms with Gasteiger partial charge in [-0.2, -0.15) is 13.2 Å². The van der Waals surface area contributed by atoms with Crippen LogP contribution >= 0.6 is 0 Å². The summed E-state index contributed by atoms with van der Waals surface area (Å²) in [6.07, 6.45) is -2.02. The van der Waals surface area contributed by atoms with Crippen LogP contribution < -0.4 is 5.32 Å². The lowest BCUT2D eigenvalue weighted by Crippen LogP contribution is -2.35. The van der Waals surface area contributed by atoms with Crippen molar-refractivity contribution in [3.63, 3.8) is 0 Å². The van der Waals surface area contributed by atoms with E-state index in [1.807, 2.05) is 0 Å². The van der Waals surface area contributed by atoms with E-state index in [4.69, 9.17) is 0 Å². The number of nitrogens with one attached hydrogen (secondary N) is 1. The van der Waals surface area contributed by atoms with Crippen molar-refractivity contribution >= 4 is 11.9 Å². The molecule has 116 valence electrons. The second kappa shape index (κ2) is 5.38. The largest absolute Gasteiger partial charge is 0.406 e. The molecular weight excluding hydrogens is 289 g/mol. The molecule has 1 unspecified atom stereocenters. The van der Waals surface area contributed by atoms with Gasteiger partial charge in [0, 0.05) is 12.4 Å². The minimum absolute atomic E-state index is 0.0141. The van der Waals surface area contributed by atoms with Crippen LogP contribution in [0.1, 0.15) is 19.7 Å². The first-order valence-corrected chi connectivity index (χ1v) is 6.37. The number of alkyl halides is 3. The molecule has 1 saturated heterocycles. The smallest absolute Gasteiger partial charge is 0.326 e. The predicted molar refractivity (Wildman–Crippen MR) is 66.0 cm³/mol. The molecule has 0 radical (unpaired) electrons. The van der Waals surface area contributed by atoms with Gasteiger partial charge in [-0.3, -0.25) is 9.69 Å². The molecule has 2 heterocycles. The zero-order valence-electron chi connectivity index (χ0n) is 11.5. The van der Waals surface area contributed by atoms with E-state index in [1.165, 1.54) is 12.4 Å². The van der Waals surface area contributed by atoms with Crippen molar-refractivity contribution in [3.05, 3.63) is 18.2 Å². The van der Waals surface area contributed by atoms with Gasteiger partial charge in [0.05, 0.1) is 6.54 Å². The molecule has 0 aliphatic carbocycles. The molecular formula is C12H15F3N4O2. The van der Waals surface area contributed by atoms with Gasteiger partial charge in [0.2, 0.25) is 0 Å². The first kappa shape index (κ1) is 15.3. The van der Waals surface area contributed by atoms with Gasteiger partial charge in [-0.1, -0.05) is 13.8 Å². The minimum Gasteiger partial charge on any atom is -0.326 e. The third-order valence-corrected chi connectivity index (χ3v) is 3.17. The number of imide groups is 1. The fourth-order valence-electron chi connectivity index (χ4n) is 2.11. The Balaban J connectivity index is 2.14. The standard InChI is InChI=1S/C12H15F3N4O2/c1-7(2)9-10(20)19(11(21)17-9)5-8-16-3-4-18(8)6-12(13,14)15/h3-4,7,9H,5-6H2,1-2H3,(H,17,21). The number of aromatic nitrogens is 2. The molecule has 2 rings (SSSR count). The molecule has 1 aromatic heterocycles. The number of carbonyl (C=O) groups is 2. The molecule has 0 aromatic carbocycles. The molecule has 1 fully saturated rings. The first-order valence-electron chi connectivity index (χ1n) is 6.37. The van der Waals surface area contributed by atoms with Crippen LogP contribution in [0.5, 0.6) is 0 Å². The quantitative estimate of drug-likeness (QED) is 0.858. The highest BCUT2D eigenvalue weighted by Gasteiger charge is 2.40. The maximum Gasteiger partial charge on any atom is 0.406 e. The Morgan fingerprint density at radius 3 is 2.57 bits per heavy atom. The number of nitrogens with zero attached hydrogens (tertiary/aromatic N) is 3. The lowest BCUT2D eigenvalue weighted by molar-refractivity contribution is -0.141. The van der Waals surface area contributed by atoms with Crippen molar-refractivity contribution in [1.82, 2.24) is 19.8 Å². The summed E-state index contributed by atoms with van der Waals surface area (Å²) in [5.41, 5.74) is 0. The number of carbonyl (C=O) groups excluding carboxylic acids is 2. The molecule has 0 spiro atoms. The summed E-state index contributed by atoms with van der Waals surface area (Å²) in [4.78, 5) is 28.5. The van der Waals surface area contributed by atoms with Crippen LogP contribution in [0.3, 0.4) is 0 Å². The summed E-state index contributed by atoms with van der Waals surface area (Å²) in [6, 6.07) is -1.26. The summed E-state index contributed by atoms with van der Waals surface area (Å²) in [5, 5.41) is 2.51. The molecule has 1 atom stereocenters. The Morgan fingerprint density at radius 1 is 1.38 bits per heavy atom. The minimum atomic E-state index is -4.40. The first-order chi connectivity index (χ1) is 9.69. The monoisotopic (exact) mass is 304 g/mol. The summed E-state index contributed by atoms with van der Waals surface area (Å²) >= 11 is 0. The van der Waals surface area contributed by atoms with Crippen molar-refractivity contribution in [2.24, 2.45) is 5.92 Å². The topological polar surface area (TPSA) is 67.2 Å². The van der Waals surface area contributed by atoms with E-state index in [0.717, 1.165) is 9.47 Å². The summed E-state index contributed by atoms with van der Waals surface area (Å²) in [5.74, 6) is -0.529. The van der Waals surface area contributed by atoms with Crippen molar-refractivity contribution in [1.29, 1.82) is 0 Å². The van der Waals surface area contributed by atoms with Crippen LogP contribution in [0.15, 0.2) is 12.4 Å². The normalized spacial score (nSPS) is 19.5. The SMILES string of the molecule is CC(C)C1NC(=O)N(Cc2nccn2CC(F)(F)F)C1=O. The lowest BCUT2D eigenvalue weighted by atomic mass is 10.1. The third kappa shape index (κ3) is 3.34. The second-order valence-electron chi connectivity index (χ2n) is 5.18. The van der Waals surface area contributed by atoms with E-state index in [1.54, 1.807) is 13.8 Å². The van der Waals surface area contributed by atoms with Crippen LogP contribution in [0.4, 0.5) is 18.0 Å². The van der Waals surface area contributed by atoms with Crippen LogP contribution in [0.25, 0.3) is 0 Å². The Hall–Kier alpha value is -2.06. The zero-order valence-corrected chi connectivity index (χ0v) is 11.5. The van der Waals surface area contributed by atoms with Crippen LogP contribution in [-0.2, 0) is 17.9 Å². The maximum absolute atomic E-state index is 12.4. The van der Waals surface area contributed by atoms with Crippen molar-refractivity contribution in [3.8, 4) is 0 Å². The van der Waals surface area contributed by atoms with E-state index < -0.39 is 30.7 Å². The average molecular weight is 304 g/mol. The number of urea groups is 1. The number of hydrogen-bond acceptors (Lipinski definition) is 3. The fourth-order valence-corrected chi connectivity index (χ4v) is 2.11. The second-order valence-corrected chi connectivity index (χ2v) is 5.18. The van der Waals surface area contributed by atoms with E-state index in [-0.39, 0.29) is 18.3 Å². The van der Waals surface area contributed by atoms with E-state index >= 15 is 0 Å². The molecule has 6 nitrogen and oxygen atoms in total. The Bertz CT molecular complexity index is 553. The molecule has 21 heavy (non-hydrogen) atoms. The summed E-state index contributed by atoms with van der Waals surface area (Å²) < 4.78 is 38.2. The Kier molecular flexibility index (Phi) is 3.93. The van der Waals surface area contributed by atoms with Crippen LogP contribution in [0, 0.1) is 5.92 Å². The molecule has 9 heteroatoms. The zero-order chi connectivity index (χ0) is 15.8. The van der Waals surface area contributed by atoms with Gasteiger partial charge >= 0.3 is 12.2 Å². The van der Waals surface area contributed by atoms with Crippen LogP contribution in [-0.4, -0.2) is 38.6 Å². The van der Waals surface area contributed by atoms with E-state index in [2.05, 4.69) is 10.3 Å². The van der Waals surface area contributed by atoms with Crippen molar-refractivity contribution in [2.45, 2.75) is 39.2 Å². The van der Waals surface area contributed by atoms with Gasteiger partial charge in [0.25, 0.3) is 5.91 Å². The number of halogens is 3. The molecule has 0 saturated carbocycles. The van der Waals surface area contributed by atoms with Gasteiger partial charge in [-0.25, -0.2) is 9.78 Å². The van der Waals surface area contributed by atoms with Gasteiger partial charge in [-0.05, 0) is 5.92 Å². The van der Waals surface area contributed by atoms with E-state index in [0.29, 0.717) is 0 Å². The number of amides is 3. The molecule has 1 aromatic rings. The fraction of sp³-hybridized carbons (Fsp3) is 0.583.